The highest BCUT2D eigenvalue weighted by molar-refractivity contribution is 6.30. The van der Waals surface area contributed by atoms with Gasteiger partial charge >= 0.3 is 0 Å². The maximum absolute atomic E-state index is 6.06. The van der Waals surface area contributed by atoms with Crippen molar-refractivity contribution in [1.82, 2.24) is 24.7 Å². The van der Waals surface area contributed by atoms with Crippen LogP contribution in [0, 0.1) is 13.8 Å². The SMILES string of the molecule is Cc1c(Cl)nn2c(CN(C)C)nnc2c1C. The van der Waals surface area contributed by atoms with E-state index in [1.54, 1.807) is 4.52 Å². The molecule has 2 aromatic heterocycles. The zero-order valence-corrected chi connectivity index (χ0v) is 10.6. The first kappa shape index (κ1) is 11.3. The van der Waals surface area contributed by atoms with Crippen molar-refractivity contribution >= 4 is 17.2 Å². The first-order valence-electron chi connectivity index (χ1n) is 5.02. The maximum Gasteiger partial charge on any atom is 0.181 e. The molecule has 0 aliphatic carbocycles. The summed E-state index contributed by atoms with van der Waals surface area (Å²) >= 11 is 6.06. The first-order chi connectivity index (χ1) is 7.50. The monoisotopic (exact) mass is 239 g/mol. The lowest BCUT2D eigenvalue weighted by molar-refractivity contribution is 0.386. The second-order valence-corrected chi connectivity index (χ2v) is 4.49. The Morgan fingerprint density at radius 2 is 1.88 bits per heavy atom. The van der Waals surface area contributed by atoms with Gasteiger partial charge in [0.2, 0.25) is 0 Å². The average Bonchev–Trinajstić information content (AvgIpc) is 2.58. The molecule has 0 saturated heterocycles. The molecular weight excluding hydrogens is 226 g/mol. The van der Waals surface area contributed by atoms with Gasteiger partial charge in [0.1, 0.15) is 0 Å². The summed E-state index contributed by atoms with van der Waals surface area (Å²) in [6, 6.07) is 0. The second kappa shape index (κ2) is 3.99. The zero-order valence-electron chi connectivity index (χ0n) is 9.82. The number of hydrogen-bond acceptors (Lipinski definition) is 4. The fourth-order valence-corrected chi connectivity index (χ4v) is 1.73. The Labute approximate surface area is 99.0 Å². The van der Waals surface area contributed by atoms with E-state index in [1.165, 1.54) is 0 Å². The molecule has 5 nitrogen and oxygen atoms in total. The van der Waals surface area contributed by atoms with Gasteiger partial charge in [-0.05, 0) is 33.5 Å². The molecular formula is C10H14ClN5. The van der Waals surface area contributed by atoms with E-state index < -0.39 is 0 Å². The lowest BCUT2D eigenvalue weighted by Crippen LogP contribution is -2.14. The Kier molecular flexibility index (Phi) is 2.82. The quantitative estimate of drug-likeness (QED) is 0.796. The predicted molar refractivity (Wildman–Crippen MR) is 62.7 cm³/mol. The van der Waals surface area contributed by atoms with Crippen LogP contribution in [0.5, 0.6) is 0 Å². The molecule has 0 fully saturated rings. The molecule has 0 aliphatic rings. The van der Waals surface area contributed by atoms with Gasteiger partial charge in [-0.3, -0.25) is 0 Å². The third kappa shape index (κ3) is 1.76. The molecule has 0 bridgehead atoms. The van der Waals surface area contributed by atoms with E-state index in [1.807, 2.05) is 32.8 Å². The fourth-order valence-electron chi connectivity index (χ4n) is 1.52. The summed E-state index contributed by atoms with van der Waals surface area (Å²) in [5.41, 5.74) is 2.76. The number of nitrogens with zero attached hydrogens (tertiary/aromatic N) is 5. The Balaban J connectivity index is 2.64. The van der Waals surface area contributed by atoms with Crippen molar-refractivity contribution in [2.24, 2.45) is 0 Å². The molecule has 0 N–H and O–H groups in total. The number of rotatable bonds is 2. The van der Waals surface area contributed by atoms with Crippen molar-refractivity contribution in [2.45, 2.75) is 20.4 Å². The van der Waals surface area contributed by atoms with Crippen LogP contribution in [-0.4, -0.2) is 38.8 Å². The summed E-state index contributed by atoms with van der Waals surface area (Å²) in [5, 5.41) is 13.1. The van der Waals surface area contributed by atoms with Crippen LogP contribution < -0.4 is 0 Å². The molecule has 0 amide bonds. The van der Waals surface area contributed by atoms with Gasteiger partial charge in [0.25, 0.3) is 0 Å². The average molecular weight is 240 g/mol. The van der Waals surface area contributed by atoms with Gasteiger partial charge in [-0.1, -0.05) is 11.6 Å². The first-order valence-corrected chi connectivity index (χ1v) is 5.40. The zero-order chi connectivity index (χ0) is 11.9. The predicted octanol–water partition coefficient (Wildman–Crippen LogP) is 1.46. The van der Waals surface area contributed by atoms with Gasteiger partial charge < -0.3 is 4.90 Å². The van der Waals surface area contributed by atoms with E-state index in [2.05, 4.69) is 15.3 Å². The van der Waals surface area contributed by atoms with Crippen molar-refractivity contribution in [2.75, 3.05) is 14.1 Å². The third-order valence-electron chi connectivity index (χ3n) is 2.56. The summed E-state index contributed by atoms with van der Waals surface area (Å²) in [5.74, 6) is 0.796. The van der Waals surface area contributed by atoms with Gasteiger partial charge in [-0.25, -0.2) is 0 Å². The van der Waals surface area contributed by atoms with E-state index >= 15 is 0 Å². The molecule has 86 valence electrons. The minimum atomic E-state index is 0.504. The minimum Gasteiger partial charge on any atom is -0.302 e. The second-order valence-electron chi connectivity index (χ2n) is 4.13. The van der Waals surface area contributed by atoms with Crippen molar-refractivity contribution < 1.29 is 0 Å². The molecule has 0 unspecified atom stereocenters. The van der Waals surface area contributed by atoms with E-state index in [0.717, 1.165) is 22.6 Å². The number of aryl methyl sites for hydroxylation is 1. The lowest BCUT2D eigenvalue weighted by atomic mass is 10.2. The highest BCUT2D eigenvalue weighted by Crippen LogP contribution is 2.19. The Bertz CT molecular complexity index is 531. The molecule has 0 spiro atoms. The minimum absolute atomic E-state index is 0.504. The fraction of sp³-hybridized carbons (Fsp3) is 0.500. The van der Waals surface area contributed by atoms with E-state index in [9.17, 15) is 0 Å². The highest BCUT2D eigenvalue weighted by atomic mass is 35.5. The van der Waals surface area contributed by atoms with E-state index in [0.29, 0.717) is 11.7 Å². The number of halogens is 1. The Morgan fingerprint density at radius 1 is 1.19 bits per heavy atom. The van der Waals surface area contributed by atoms with Crippen LogP contribution >= 0.6 is 11.6 Å². The van der Waals surface area contributed by atoms with Gasteiger partial charge in [-0.2, -0.15) is 9.61 Å². The number of aromatic nitrogens is 4. The van der Waals surface area contributed by atoms with Crippen molar-refractivity contribution in [1.29, 1.82) is 0 Å². The summed E-state index contributed by atoms with van der Waals surface area (Å²) in [6.07, 6.45) is 0. The smallest absolute Gasteiger partial charge is 0.181 e. The molecule has 2 rings (SSSR count). The van der Waals surface area contributed by atoms with E-state index in [4.69, 9.17) is 11.6 Å². The van der Waals surface area contributed by atoms with Crippen LogP contribution in [0.3, 0.4) is 0 Å². The van der Waals surface area contributed by atoms with Crippen LogP contribution in [0.4, 0.5) is 0 Å². The molecule has 2 aromatic rings. The Morgan fingerprint density at radius 3 is 2.50 bits per heavy atom. The highest BCUT2D eigenvalue weighted by Gasteiger charge is 2.13. The van der Waals surface area contributed by atoms with Crippen LogP contribution in [-0.2, 0) is 6.54 Å². The summed E-state index contributed by atoms with van der Waals surface area (Å²) in [4.78, 5) is 2.02. The normalized spacial score (nSPS) is 11.6. The van der Waals surface area contributed by atoms with Crippen molar-refractivity contribution in [3.8, 4) is 0 Å². The largest absolute Gasteiger partial charge is 0.302 e. The standard InChI is InChI=1S/C10H14ClN5/c1-6-7(2)10-13-12-8(5-15(3)4)16(10)14-9(6)11/h5H2,1-4H3. The van der Waals surface area contributed by atoms with Crippen LogP contribution in [0.25, 0.3) is 5.65 Å². The van der Waals surface area contributed by atoms with Gasteiger partial charge in [0, 0.05) is 5.56 Å². The molecule has 0 aromatic carbocycles. The Hall–Kier alpha value is -1.20. The molecule has 0 atom stereocenters. The van der Waals surface area contributed by atoms with Crippen LogP contribution in [0.15, 0.2) is 0 Å². The number of fused-ring (bicyclic) bond motifs is 1. The van der Waals surface area contributed by atoms with Gasteiger partial charge in [-0.15, -0.1) is 10.2 Å². The molecule has 16 heavy (non-hydrogen) atoms. The van der Waals surface area contributed by atoms with Crippen molar-refractivity contribution in [3.05, 3.63) is 22.1 Å². The lowest BCUT2D eigenvalue weighted by Gasteiger charge is -2.08. The third-order valence-corrected chi connectivity index (χ3v) is 2.92. The van der Waals surface area contributed by atoms with E-state index in [-0.39, 0.29) is 0 Å². The molecule has 2 heterocycles. The maximum atomic E-state index is 6.06. The molecule has 6 heteroatoms. The topological polar surface area (TPSA) is 46.3 Å². The summed E-state index contributed by atoms with van der Waals surface area (Å²) < 4.78 is 1.71. The van der Waals surface area contributed by atoms with Gasteiger partial charge in [0.15, 0.2) is 16.6 Å². The number of hydrogen-bond donors (Lipinski definition) is 0. The molecule has 0 radical (unpaired) electrons. The molecule has 0 saturated carbocycles. The molecule has 0 aliphatic heterocycles. The summed E-state index contributed by atoms with van der Waals surface area (Å²) in [6.45, 7) is 4.60. The van der Waals surface area contributed by atoms with Crippen LogP contribution in [0.2, 0.25) is 5.15 Å². The summed E-state index contributed by atoms with van der Waals surface area (Å²) in [7, 11) is 3.95. The van der Waals surface area contributed by atoms with Crippen molar-refractivity contribution in [3.63, 3.8) is 0 Å². The van der Waals surface area contributed by atoms with Gasteiger partial charge in [0.05, 0.1) is 6.54 Å². The van der Waals surface area contributed by atoms with Crippen LogP contribution in [0.1, 0.15) is 17.0 Å².